The summed E-state index contributed by atoms with van der Waals surface area (Å²) in [5, 5.41) is 0.751. The molecule has 0 aliphatic rings. The smallest absolute Gasteiger partial charge is 0.0406 e. The molecule has 0 heterocycles. The molecule has 0 unspecified atom stereocenters. The van der Waals surface area contributed by atoms with Gasteiger partial charge in [0.25, 0.3) is 0 Å². The second-order valence-corrected chi connectivity index (χ2v) is 6.41. The highest BCUT2D eigenvalue weighted by Gasteiger charge is 2.11. The maximum absolute atomic E-state index is 6.28. The van der Waals surface area contributed by atoms with E-state index in [1.54, 1.807) is 11.8 Å². The van der Waals surface area contributed by atoms with E-state index in [1.807, 2.05) is 43.3 Å². The monoisotopic (exact) mass is 339 g/mol. The first-order valence-corrected chi connectivity index (χ1v) is 7.68. The van der Waals surface area contributed by atoms with Crippen molar-refractivity contribution in [3.05, 3.63) is 71.3 Å². The minimum atomic E-state index is -0.0106. The highest BCUT2D eigenvalue weighted by atomic mass is 35.5. The van der Waals surface area contributed by atoms with Crippen LogP contribution < -0.4 is 5.73 Å². The van der Waals surface area contributed by atoms with Gasteiger partial charge in [0.05, 0.1) is 0 Å². The summed E-state index contributed by atoms with van der Waals surface area (Å²) in [6.45, 7) is 5.95. The number of halogens is 2. The highest BCUT2D eigenvalue weighted by molar-refractivity contribution is 7.99. The number of benzene rings is 2. The van der Waals surface area contributed by atoms with Gasteiger partial charge in [-0.05, 0) is 49.2 Å². The van der Waals surface area contributed by atoms with E-state index >= 15 is 0 Å². The van der Waals surface area contributed by atoms with Crippen LogP contribution in [0.4, 0.5) is 0 Å². The summed E-state index contributed by atoms with van der Waals surface area (Å²) in [5.41, 5.74) is 8.54. The van der Waals surface area contributed by atoms with Crippen LogP contribution in [-0.4, -0.2) is 0 Å². The topological polar surface area (TPSA) is 26.0 Å². The molecule has 0 aromatic heterocycles. The first-order valence-electron chi connectivity index (χ1n) is 6.48. The molecule has 2 rings (SSSR count). The fraction of sp³-hybridized carbons (Fsp3) is 0.176. The minimum absolute atomic E-state index is 0. The quantitative estimate of drug-likeness (QED) is 0.688. The Morgan fingerprint density at radius 1 is 1.19 bits per heavy atom. The van der Waals surface area contributed by atoms with Gasteiger partial charge < -0.3 is 5.73 Å². The molecular weight excluding hydrogens is 321 g/mol. The van der Waals surface area contributed by atoms with E-state index in [1.165, 1.54) is 4.90 Å². The van der Waals surface area contributed by atoms with Gasteiger partial charge in [-0.15, -0.1) is 19.0 Å². The average molecular weight is 340 g/mol. The Labute approximate surface area is 142 Å². The van der Waals surface area contributed by atoms with Crippen molar-refractivity contribution >= 4 is 35.8 Å². The van der Waals surface area contributed by atoms with Crippen LogP contribution in [0.15, 0.2) is 70.5 Å². The molecule has 0 aliphatic carbocycles. The molecule has 0 saturated heterocycles. The Balaban J connectivity index is 0.00000220. The molecule has 2 N–H and O–H groups in total. The second kappa shape index (κ2) is 8.50. The molecule has 0 saturated carbocycles. The van der Waals surface area contributed by atoms with Crippen LogP contribution in [0.5, 0.6) is 0 Å². The molecule has 0 fully saturated rings. The number of hydrogen-bond donors (Lipinski definition) is 1. The molecule has 2 aromatic rings. The third kappa shape index (κ3) is 5.40. The summed E-state index contributed by atoms with van der Waals surface area (Å²) in [4.78, 5) is 2.34. The van der Waals surface area contributed by atoms with Gasteiger partial charge >= 0.3 is 0 Å². The average Bonchev–Trinajstić information content (AvgIpc) is 2.41. The number of nitrogens with two attached hydrogens (primary N) is 1. The molecule has 2 aromatic carbocycles. The van der Waals surface area contributed by atoms with Crippen molar-refractivity contribution in [3.63, 3.8) is 0 Å². The molecule has 1 atom stereocenters. The van der Waals surface area contributed by atoms with E-state index < -0.39 is 0 Å². The van der Waals surface area contributed by atoms with Crippen LogP contribution in [0.2, 0.25) is 5.02 Å². The van der Waals surface area contributed by atoms with Crippen molar-refractivity contribution in [1.82, 2.24) is 0 Å². The van der Waals surface area contributed by atoms with E-state index in [0.717, 1.165) is 27.5 Å². The van der Waals surface area contributed by atoms with Gasteiger partial charge in [-0.25, -0.2) is 0 Å². The molecule has 0 radical (unpaired) electrons. The molecule has 0 amide bonds. The summed E-state index contributed by atoms with van der Waals surface area (Å²) >= 11 is 7.62. The Hall–Kier alpha value is -0.930. The van der Waals surface area contributed by atoms with Crippen molar-refractivity contribution in [1.29, 1.82) is 0 Å². The van der Waals surface area contributed by atoms with Crippen molar-refractivity contribution in [3.8, 4) is 0 Å². The van der Waals surface area contributed by atoms with Crippen LogP contribution in [0.25, 0.3) is 0 Å². The third-order valence-electron chi connectivity index (χ3n) is 2.93. The first kappa shape index (κ1) is 18.1. The zero-order valence-corrected chi connectivity index (χ0v) is 14.3. The summed E-state index contributed by atoms with van der Waals surface area (Å²) in [6.07, 6.45) is 0.804. The normalized spacial score (nSPS) is 11.6. The largest absolute Gasteiger partial charge is 0.324 e. The van der Waals surface area contributed by atoms with E-state index in [4.69, 9.17) is 17.3 Å². The Kier molecular flexibility index (Phi) is 7.33. The van der Waals surface area contributed by atoms with Gasteiger partial charge in [-0.2, -0.15) is 0 Å². The maximum Gasteiger partial charge on any atom is 0.0406 e. The lowest BCUT2D eigenvalue weighted by atomic mass is 10.0. The molecule has 112 valence electrons. The predicted octanol–water partition coefficient (Wildman–Crippen LogP) is 5.88. The van der Waals surface area contributed by atoms with Crippen LogP contribution in [0, 0.1) is 0 Å². The van der Waals surface area contributed by atoms with Gasteiger partial charge in [0, 0.05) is 20.9 Å². The standard InChI is InChI=1S/C17H18ClNS.ClH/c1-12(2)11-16(19)15-5-3-4-6-17(15)20-14-9-7-13(18)8-10-14;/h3-10,16H,1,11,19H2,2H3;1H/t16-;/m0./s1. The van der Waals surface area contributed by atoms with Crippen LogP contribution >= 0.6 is 35.8 Å². The molecular formula is C17H19Cl2NS. The summed E-state index contributed by atoms with van der Waals surface area (Å²) in [7, 11) is 0. The van der Waals surface area contributed by atoms with Crippen molar-refractivity contribution in [2.45, 2.75) is 29.2 Å². The van der Waals surface area contributed by atoms with Gasteiger partial charge in [0.1, 0.15) is 0 Å². The fourth-order valence-electron chi connectivity index (χ4n) is 1.99. The van der Waals surface area contributed by atoms with Gasteiger partial charge in [0.15, 0.2) is 0 Å². The van der Waals surface area contributed by atoms with Gasteiger partial charge in [0.2, 0.25) is 0 Å². The zero-order valence-electron chi connectivity index (χ0n) is 11.9. The highest BCUT2D eigenvalue weighted by Crippen LogP contribution is 2.34. The Morgan fingerprint density at radius 2 is 1.81 bits per heavy atom. The van der Waals surface area contributed by atoms with Crippen LogP contribution in [0.1, 0.15) is 24.9 Å². The first-order chi connectivity index (χ1) is 9.56. The van der Waals surface area contributed by atoms with Crippen molar-refractivity contribution < 1.29 is 0 Å². The van der Waals surface area contributed by atoms with Gasteiger partial charge in [-0.1, -0.05) is 47.1 Å². The molecule has 1 nitrogen and oxygen atoms in total. The number of hydrogen-bond acceptors (Lipinski definition) is 2. The molecule has 0 bridgehead atoms. The lowest BCUT2D eigenvalue weighted by molar-refractivity contribution is 0.703. The van der Waals surface area contributed by atoms with E-state index in [0.29, 0.717) is 0 Å². The molecule has 4 heteroatoms. The predicted molar refractivity (Wildman–Crippen MR) is 95.6 cm³/mol. The Morgan fingerprint density at radius 3 is 2.43 bits per heavy atom. The molecule has 0 spiro atoms. The van der Waals surface area contributed by atoms with E-state index in [2.05, 4.69) is 18.7 Å². The number of rotatable bonds is 5. The Bertz CT molecular complexity index is 596. The lowest BCUT2D eigenvalue weighted by Gasteiger charge is -2.16. The van der Waals surface area contributed by atoms with Crippen LogP contribution in [-0.2, 0) is 0 Å². The molecule has 21 heavy (non-hydrogen) atoms. The minimum Gasteiger partial charge on any atom is -0.324 e. The maximum atomic E-state index is 6.28. The van der Waals surface area contributed by atoms with E-state index in [-0.39, 0.29) is 18.4 Å². The lowest BCUT2D eigenvalue weighted by Crippen LogP contribution is -2.11. The third-order valence-corrected chi connectivity index (χ3v) is 4.28. The van der Waals surface area contributed by atoms with Crippen molar-refractivity contribution in [2.75, 3.05) is 0 Å². The zero-order chi connectivity index (χ0) is 14.5. The summed E-state index contributed by atoms with van der Waals surface area (Å²) in [5.74, 6) is 0. The summed E-state index contributed by atoms with van der Waals surface area (Å²) < 4.78 is 0. The molecule has 0 aliphatic heterocycles. The van der Waals surface area contributed by atoms with E-state index in [9.17, 15) is 0 Å². The fourth-order valence-corrected chi connectivity index (χ4v) is 3.13. The van der Waals surface area contributed by atoms with Gasteiger partial charge in [-0.3, -0.25) is 0 Å². The second-order valence-electron chi connectivity index (χ2n) is 4.86. The van der Waals surface area contributed by atoms with Crippen molar-refractivity contribution in [2.24, 2.45) is 5.73 Å². The van der Waals surface area contributed by atoms with Crippen LogP contribution in [0.3, 0.4) is 0 Å². The SMILES string of the molecule is C=C(C)C[C@H](N)c1ccccc1Sc1ccc(Cl)cc1.Cl. The summed E-state index contributed by atoms with van der Waals surface area (Å²) in [6, 6.07) is 16.1.